The topological polar surface area (TPSA) is 467 Å². The molecule has 13 unspecified atom stereocenters. The van der Waals surface area contributed by atoms with Crippen LogP contribution in [0.25, 0.3) is 26.8 Å². The number of nitrogens with two attached hydrogens (primary N) is 1. The lowest BCUT2D eigenvalue weighted by Gasteiger charge is -2.33. The second kappa shape index (κ2) is 31.9. The van der Waals surface area contributed by atoms with Gasteiger partial charge in [0.15, 0.2) is 11.5 Å². The van der Waals surface area contributed by atoms with Gasteiger partial charge < -0.3 is 91.5 Å². The number of aliphatic hydroxyl groups excluding tert-OH is 6. The number of hydrogen-bond acceptors (Lipinski definition) is 25. The molecular weight excluding hydrogens is 1250 g/mol. The van der Waals surface area contributed by atoms with E-state index in [1.165, 1.54) is 36.5 Å². The summed E-state index contributed by atoms with van der Waals surface area (Å²) in [4.78, 5) is 120. The van der Waals surface area contributed by atoms with Crippen molar-refractivity contribution in [2.45, 2.75) is 132 Å². The van der Waals surface area contributed by atoms with Crippen LogP contribution in [0.2, 0.25) is 0 Å². The molecule has 32 nitrogen and oxygen atoms in total. The number of aromatic nitrogens is 3. The number of phenolic OH excluding ortho intramolecular Hbond substituents is 1. The predicted molar refractivity (Wildman–Crippen MR) is 323 cm³/mol. The number of β-amino-alcohol motifs (C(OH)–C–C–N with tert-alkyl or cyclic N) is 1. The molecule has 0 aliphatic carbocycles. The first-order valence-electron chi connectivity index (χ1n) is 29.2. The number of benzene rings is 3. The Morgan fingerprint density at radius 1 is 0.804 bits per heavy atom. The Kier molecular flexibility index (Phi) is 24.2. The van der Waals surface area contributed by atoms with E-state index >= 15 is 0 Å². The van der Waals surface area contributed by atoms with Gasteiger partial charge in [0.1, 0.15) is 47.0 Å². The maximum atomic E-state index is 14.7. The van der Waals surface area contributed by atoms with Crippen LogP contribution in [0.4, 0.5) is 0 Å². The Balaban J connectivity index is 1.06. The molecule has 8 amide bonds. The third-order valence-electron chi connectivity index (χ3n) is 15.7. The van der Waals surface area contributed by atoms with Gasteiger partial charge in [-0.2, -0.15) is 5.10 Å². The summed E-state index contributed by atoms with van der Waals surface area (Å²) < 4.78 is 21.9. The van der Waals surface area contributed by atoms with Crippen molar-refractivity contribution in [3.63, 3.8) is 0 Å². The normalized spacial score (nSPS) is 24.7. The quantitative estimate of drug-likeness (QED) is 0.0158. The smallest absolute Gasteiger partial charge is 0.261 e. The molecule has 0 spiro atoms. The molecule has 498 valence electrons. The molecular formula is C58H73N11O21S2. The zero-order chi connectivity index (χ0) is 66.5. The number of phenols is 1. The third kappa shape index (κ3) is 17.5. The van der Waals surface area contributed by atoms with Gasteiger partial charge in [-0.05, 0) is 80.3 Å². The summed E-state index contributed by atoms with van der Waals surface area (Å²) in [6.07, 6.45) is -9.10. The first kappa shape index (κ1) is 69.8. The van der Waals surface area contributed by atoms with Gasteiger partial charge in [-0.3, -0.25) is 38.4 Å². The van der Waals surface area contributed by atoms with Crippen molar-refractivity contribution in [3.05, 3.63) is 84.1 Å². The molecule has 5 aromatic rings. The van der Waals surface area contributed by atoms with Crippen LogP contribution in [0, 0.1) is 5.92 Å². The fourth-order valence-corrected chi connectivity index (χ4v) is 12.0. The highest BCUT2D eigenvalue weighted by molar-refractivity contribution is 7.90. The van der Waals surface area contributed by atoms with Gasteiger partial charge in [0, 0.05) is 75.2 Å². The minimum atomic E-state index is -2.22. The Hall–Kier alpha value is -8.13. The van der Waals surface area contributed by atoms with Crippen LogP contribution in [0.3, 0.4) is 0 Å². The number of aromatic hydroxyl groups is 1. The van der Waals surface area contributed by atoms with Gasteiger partial charge in [0.2, 0.25) is 46.3 Å². The molecule has 92 heavy (non-hydrogen) atoms. The number of nitrogens with zero attached hydrogens (tertiary/aromatic N) is 5. The summed E-state index contributed by atoms with van der Waals surface area (Å²) in [5, 5.41) is 108. The second-order valence-corrected chi connectivity index (χ2v) is 23.9. The number of nitrogens with one attached hydrogen (secondary N) is 5. The fraction of sp³-hybridized carbons (Fsp3) is 0.483. The Morgan fingerprint density at radius 3 is 2.17 bits per heavy atom. The zero-order valence-corrected chi connectivity index (χ0v) is 51.6. The van der Waals surface area contributed by atoms with E-state index < -0.39 is 177 Å². The van der Waals surface area contributed by atoms with Crippen molar-refractivity contribution in [1.29, 1.82) is 0 Å². The molecule has 3 saturated heterocycles. The number of aliphatic hydroxyl groups is 6. The molecule has 13 atom stereocenters. The molecule has 3 aliphatic rings. The Bertz CT molecular complexity index is 3380. The van der Waals surface area contributed by atoms with Crippen molar-refractivity contribution >= 4 is 75.9 Å². The fourth-order valence-electron chi connectivity index (χ4n) is 10.8. The number of methoxy groups -OCH3 is 1. The van der Waals surface area contributed by atoms with Crippen molar-refractivity contribution < 1.29 is 102 Å². The summed E-state index contributed by atoms with van der Waals surface area (Å²) in [6.45, 7) is 2.14. The summed E-state index contributed by atoms with van der Waals surface area (Å²) in [6, 6.07) is 5.42. The van der Waals surface area contributed by atoms with Gasteiger partial charge in [0.05, 0.1) is 61.5 Å². The first-order valence-corrected chi connectivity index (χ1v) is 30.7. The number of carbonyl (C=O) groups excluding carboxylic acids is 8. The highest BCUT2D eigenvalue weighted by atomic mass is 32.2. The zero-order valence-electron chi connectivity index (χ0n) is 49.9. The number of imidazole rings is 1. The van der Waals surface area contributed by atoms with E-state index in [1.54, 1.807) is 30.0 Å². The molecule has 3 aromatic carbocycles. The second-order valence-electron chi connectivity index (χ2n) is 22.5. The van der Waals surface area contributed by atoms with E-state index in [0.29, 0.717) is 34.4 Å². The number of primary amides is 1. The number of ether oxygens (including phenoxy) is 2. The number of fused-ring (bicyclic) bond motifs is 3. The monoisotopic (exact) mass is 1320 g/mol. The third-order valence-corrected chi connectivity index (χ3v) is 17.0. The van der Waals surface area contributed by atoms with E-state index in [-0.39, 0.29) is 29.2 Å². The average molecular weight is 1320 g/mol. The van der Waals surface area contributed by atoms with Crippen LogP contribution >= 0.6 is 23.7 Å². The standard InChI is InChI=1S/C58H73N11O21S2/c1-28-25-68-48(49(28)77)54(82)60-24-34(71)21-37(61-50(78)32-10-8-31(9-11-32)38-27-69-58(62-38)91-55(66-69)33-12-14-36(15-13-33)87-18-6-4-5-17-86-3)51(79)63-45(29(2)70)56(83)67-26-35(72)22-39(67)52(80)64-46(53(81)65-47(57(68)84)42(75)23-44(59)76)41(74)19-30-7-16-40(73)43(20-30)88-92-90-89-85/h7-16,20,27-29,34-35,37,39,41-42,45-49,70-75,77,85H,4-6,17-19,21-26H2,1-3H3,(H2,59,76)(H,60,82)(H,61,78)(H,63,79)(H,64,80)(H,65,81). The number of unbranched alkanes of at least 4 members (excludes halogenated alkanes) is 2. The number of hydrogen-bond donors (Lipinski definition) is 14. The van der Waals surface area contributed by atoms with Gasteiger partial charge >= 0.3 is 0 Å². The molecule has 0 radical (unpaired) electrons. The van der Waals surface area contributed by atoms with Crippen LogP contribution in [0.5, 0.6) is 17.2 Å². The Morgan fingerprint density at radius 2 is 1.49 bits per heavy atom. The maximum absolute atomic E-state index is 14.7. The van der Waals surface area contributed by atoms with Crippen LogP contribution in [-0.2, 0) is 54.1 Å². The average Bonchev–Trinajstić information content (AvgIpc) is 1.67. The minimum absolute atomic E-state index is 0.000253. The summed E-state index contributed by atoms with van der Waals surface area (Å²) >= 11 is 1.40. The summed E-state index contributed by atoms with van der Waals surface area (Å²) in [7, 11) is 1.67. The van der Waals surface area contributed by atoms with Gasteiger partial charge in [-0.1, -0.05) is 45.8 Å². The molecule has 3 fully saturated rings. The van der Waals surface area contributed by atoms with Gasteiger partial charge in [0.25, 0.3) is 18.2 Å². The minimum Gasteiger partial charge on any atom is -0.504 e. The predicted octanol–water partition coefficient (Wildman–Crippen LogP) is -1.79. The van der Waals surface area contributed by atoms with Gasteiger partial charge in [-0.15, -0.1) is 0 Å². The summed E-state index contributed by atoms with van der Waals surface area (Å²) in [5.41, 5.74) is 7.44. The largest absolute Gasteiger partial charge is 0.504 e. The Labute approximate surface area is 533 Å². The van der Waals surface area contributed by atoms with Crippen LogP contribution in [0.15, 0.2) is 72.9 Å². The molecule has 3 aliphatic heterocycles. The van der Waals surface area contributed by atoms with Crippen molar-refractivity contribution in [1.82, 2.24) is 51.0 Å². The molecule has 0 bridgehead atoms. The van der Waals surface area contributed by atoms with Gasteiger partial charge in [-0.25, -0.2) is 14.8 Å². The SMILES string of the molecule is COCCCCCOc1ccc(-c2nn3cc(-c4ccc(C(=O)NC5CC(O)CNC(=O)C6C(O)C(C)CN6C(=O)C(C(O)CC(N)=O)NC(=O)C(C(O)Cc6ccc(O)c(OSOOO)c6)NC(=O)C6CC(O)CN6C(=O)C(C(C)O)NC5=O)cc4)nc3s2)cc1. The van der Waals surface area contributed by atoms with E-state index in [2.05, 4.69) is 36.0 Å². The molecule has 2 aromatic heterocycles. The molecule has 8 rings (SSSR count). The molecule has 0 saturated carbocycles. The van der Waals surface area contributed by atoms with Crippen molar-refractivity contribution in [2.24, 2.45) is 11.7 Å². The highest BCUT2D eigenvalue weighted by Crippen LogP contribution is 2.33. The highest BCUT2D eigenvalue weighted by Gasteiger charge is 2.50. The number of carbonyl (C=O) groups is 8. The van der Waals surface area contributed by atoms with Crippen LogP contribution < -0.4 is 41.2 Å². The van der Waals surface area contributed by atoms with Crippen LogP contribution in [0.1, 0.15) is 68.3 Å². The lowest BCUT2D eigenvalue weighted by molar-refractivity contribution is -0.433. The van der Waals surface area contributed by atoms with Crippen LogP contribution in [-0.4, -0.2) is 225 Å². The van der Waals surface area contributed by atoms with Crippen molar-refractivity contribution in [2.75, 3.05) is 40.0 Å². The summed E-state index contributed by atoms with van der Waals surface area (Å²) in [5.74, 6) is -10.4. The lowest BCUT2D eigenvalue weighted by Crippen LogP contribution is -2.64. The number of rotatable bonds is 22. The molecule has 5 heterocycles. The molecule has 15 N–H and O–H groups in total. The van der Waals surface area contributed by atoms with E-state index in [9.17, 15) is 74.1 Å². The molecule has 34 heteroatoms. The van der Waals surface area contributed by atoms with Crippen molar-refractivity contribution in [3.8, 4) is 39.1 Å². The van der Waals surface area contributed by atoms with E-state index in [1.807, 2.05) is 24.3 Å². The number of amides is 8. The lowest BCUT2D eigenvalue weighted by atomic mass is 9.98. The van der Waals surface area contributed by atoms with E-state index in [0.717, 1.165) is 59.4 Å². The van der Waals surface area contributed by atoms with E-state index in [4.69, 9.17) is 34.7 Å². The first-order chi connectivity index (χ1) is 43.9. The maximum Gasteiger partial charge on any atom is 0.261 e.